The largest absolute Gasteiger partial charge is 0.395 e. The Balaban J connectivity index is 1.81. The molecule has 3 heteroatoms. The van der Waals surface area contributed by atoms with Crippen LogP contribution in [0, 0.1) is 0 Å². The molecule has 0 radical (unpaired) electrons. The summed E-state index contributed by atoms with van der Waals surface area (Å²) in [7, 11) is 0. The highest BCUT2D eigenvalue weighted by Crippen LogP contribution is 2.28. The Bertz CT molecular complexity index is 239. The van der Waals surface area contributed by atoms with Crippen molar-refractivity contribution in [3.8, 4) is 0 Å². The molecule has 2 rings (SSSR count). The quantitative estimate of drug-likeness (QED) is 0.804. The lowest BCUT2D eigenvalue weighted by Gasteiger charge is -2.40. The van der Waals surface area contributed by atoms with E-state index in [9.17, 15) is 5.11 Å². The lowest BCUT2D eigenvalue weighted by molar-refractivity contribution is 0.0621. The summed E-state index contributed by atoms with van der Waals surface area (Å²) in [5.41, 5.74) is 0. The third-order valence-corrected chi connectivity index (χ3v) is 4.98. The number of likely N-dealkylation sites (tertiary alicyclic amines) is 1. The molecule has 1 aliphatic heterocycles. The lowest BCUT2D eigenvalue weighted by atomic mass is 9.89. The van der Waals surface area contributed by atoms with Crippen LogP contribution in [0.25, 0.3) is 0 Å². The molecule has 1 aliphatic carbocycles. The topological polar surface area (TPSA) is 35.5 Å². The van der Waals surface area contributed by atoms with Crippen molar-refractivity contribution in [2.45, 2.75) is 82.8 Å². The number of rotatable bonds is 5. The Kier molecular flexibility index (Phi) is 6.62. The molecule has 19 heavy (non-hydrogen) atoms. The molecule has 0 aromatic rings. The SMILES string of the molecule is CCCNC1CCC(N2CCCCCC2CO)CC1. The number of aliphatic hydroxyl groups excluding tert-OH is 1. The van der Waals surface area contributed by atoms with Crippen LogP contribution in [0.1, 0.15) is 64.7 Å². The first-order valence-electron chi connectivity index (χ1n) is 8.45. The monoisotopic (exact) mass is 268 g/mol. The number of aliphatic hydroxyl groups is 1. The Morgan fingerprint density at radius 3 is 2.53 bits per heavy atom. The zero-order valence-electron chi connectivity index (χ0n) is 12.6. The summed E-state index contributed by atoms with van der Waals surface area (Å²) in [5, 5.41) is 13.3. The summed E-state index contributed by atoms with van der Waals surface area (Å²) in [6, 6.07) is 1.92. The van der Waals surface area contributed by atoms with Gasteiger partial charge in [0.05, 0.1) is 6.61 Å². The van der Waals surface area contributed by atoms with Crippen LogP contribution in [0.3, 0.4) is 0 Å². The second-order valence-electron chi connectivity index (χ2n) is 6.38. The second-order valence-corrected chi connectivity index (χ2v) is 6.38. The summed E-state index contributed by atoms with van der Waals surface area (Å²) in [5.74, 6) is 0. The van der Waals surface area contributed by atoms with Gasteiger partial charge < -0.3 is 10.4 Å². The smallest absolute Gasteiger partial charge is 0.0586 e. The molecule has 0 bridgehead atoms. The van der Waals surface area contributed by atoms with Gasteiger partial charge in [0.25, 0.3) is 0 Å². The van der Waals surface area contributed by atoms with Crippen LogP contribution in [0.4, 0.5) is 0 Å². The van der Waals surface area contributed by atoms with Gasteiger partial charge in [-0.2, -0.15) is 0 Å². The molecular formula is C16H32N2O. The first-order valence-corrected chi connectivity index (χ1v) is 8.45. The molecule has 1 heterocycles. The average molecular weight is 268 g/mol. The fraction of sp³-hybridized carbons (Fsp3) is 1.00. The molecule has 2 aliphatic rings. The normalized spacial score (nSPS) is 34.1. The maximum absolute atomic E-state index is 9.63. The van der Waals surface area contributed by atoms with E-state index >= 15 is 0 Å². The third-order valence-electron chi connectivity index (χ3n) is 4.98. The fourth-order valence-corrected chi connectivity index (χ4v) is 3.84. The van der Waals surface area contributed by atoms with Crippen molar-refractivity contribution in [2.24, 2.45) is 0 Å². The van der Waals surface area contributed by atoms with Gasteiger partial charge in [-0.25, -0.2) is 0 Å². The predicted octanol–water partition coefficient (Wildman–Crippen LogP) is 2.53. The van der Waals surface area contributed by atoms with Crippen molar-refractivity contribution in [1.82, 2.24) is 10.2 Å². The number of hydrogen-bond donors (Lipinski definition) is 2. The molecule has 112 valence electrons. The molecule has 0 aromatic carbocycles. The molecule has 2 N–H and O–H groups in total. The molecule has 0 spiro atoms. The van der Waals surface area contributed by atoms with Gasteiger partial charge in [0.2, 0.25) is 0 Å². The molecule has 0 amide bonds. The summed E-state index contributed by atoms with van der Waals surface area (Å²) in [4.78, 5) is 2.64. The van der Waals surface area contributed by atoms with Crippen molar-refractivity contribution < 1.29 is 5.11 Å². The second kappa shape index (κ2) is 8.23. The van der Waals surface area contributed by atoms with Gasteiger partial charge >= 0.3 is 0 Å². The van der Waals surface area contributed by atoms with Gasteiger partial charge in [-0.05, 0) is 58.0 Å². The summed E-state index contributed by atoms with van der Waals surface area (Å²) >= 11 is 0. The maximum Gasteiger partial charge on any atom is 0.0586 e. The fourth-order valence-electron chi connectivity index (χ4n) is 3.84. The number of nitrogens with zero attached hydrogens (tertiary/aromatic N) is 1. The predicted molar refractivity (Wildman–Crippen MR) is 80.4 cm³/mol. The molecule has 1 saturated heterocycles. The molecule has 1 atom stereocenters. The van der Waals surface area contributed by atoms with Crippen LogP contribution in [0.5, 0.6) is 0 Å². The van der Waals surface area contributed by atoms with Crippen LogP contribution < -0.4 is 5.32 Å². The van der Waals surface area contributed by atoms with Gasteiger partial charge in [0.15, 0.2) is 0 Å². The van der Waals surface area contributed by atoms with Crippen LogP contribution >= 0.6 is 0 Å². The van der Waals surface area contributed by atoms with Gasteiger partial charge in [-0.1, -0.05) is 19.8 Å². The van der Waals surface area contributed by atoms with E-state index in [0.717, 1.165) is 18.6 Å². The van der Waals surface area contributed by atoms with Crippen LogP contribution in [0.2, 0.25) is 0 Å². The molecule has 1 unspecified atom stereocenters. The van der Waals surface area contributed by atoms with E-state index in [0.29, 0.717) is 12.6 Å². The number of hydrogen-bond acceptors (Lipinski definition) is 3. The molecular weight excluding hydrogens is 236 g/mol. The highest BCUT2D eigenvalue weighted by Gasteiger charge is 2.30. The van der Waals surface area contributed by atoms with Crippen LogP contribution in [-0.2, 0) is 0 Å². The molecule has 3 nitrogen and oxygen atoms in total. The van der Waals surface area contributed by atoms with Gasteiger partial charge in [0, 0.05) is 18.1 Å². The van der Waals surface area contributed by atoms with Crippen molar-refractivity contribution in [3.63, 3.8) is 0 Å². The maximum atomic E-state index is 9.63. The zero-order chi connectivity index (χ0) is 13.5. The Morgan fingerprint density at radius 2 is 1.84 bits per heavy atom. The zero-order valence-corrected chi connectivity index (χ0v) is 12.6. The van der Waals surface area contributed by atoms with Crippen LogP contribution in [0.15, 0.2) is 0 Å². The van der Waals surface area contributed by atoms with Crippen molar-refractivity contribution >= 4 is 0 Å². The van der Waals surface area contributed by atoms with E-state index in [2.05, 4.69) is 17.1 Å². The van der Waals surface area contributed by atoms with Crippen molar-refractivity contribution in [3.05, 3.63) is 0 Å². The summed E-state index contributed by atoms with van der Waals surface area (Å²) in [6.45, 7) is 4.97. The van der Waals surface area contributed by atoms with E-state index in [1.807, 2.05) is 0 Å². The van der Waals surface area contributed by atoms with E-state index in [-0.39, 0.29) is 0 Å². The average Bonchev–Trinajstić information content (AvgIpc) is 2.70. The van der Waals surface area contributed by atoms with Gasteiger partial charge in [-0.15, -0.1) is 0 Å². The highest BCUT2D eigenvalue weighted by atomic mass is 16.3. The lowest BCUT2D eigenvalue weighted by Crippen LogP contribution is -2.48. The first-order chi connectivity index (χ1) is 9.35. The van der Waals surface area contributed by atoms with Crippen molar-refractivity contribution in [1.29, 1.82) is 0 Å². The Labute approximate surface area is 118 Å². The first kappa shape index (κ1) is 15.3. The highest BCUT2D eigenvalue weighted by molar-refractivity contribution is 4.87. The van der Waals surface area contributed by atoms with Gasteiger partial charge in [0.1, 0.15) is 0 Å². The standard InChI is InChI=1S/C16H32N2O/c1-2-11-17-14-7-9-15(10-8-14)18-12-5-3-4-6-16(18)13-19/h14-17,19H,2-13H2,1H3. The van der Waals surface area contributed by atoms with Crippen molar-refractivity contribution in [2.75, 3.05) is 19.7 Å². The number of nitrogens with one attached hydrogen (secondary N) is 1. The molecule has 0 aromatic heterocycles. The third kappa shape index (κ3) is 4.44. The van der Waals surface area contributed by atoms with Crippen LogP contribution in [-0.4, -0.2) is 47.8 Å². The van der Waals surface area contributed by atoms with E-state index in [4.69, 9.17) is 0 Å². The Morgan fingerprint density at radius 1 is 1.05 bits per heavy atom. The Hall–Kier alpha value is -0.120. The van der Waals surface area contributed by atoms with E-state index in [1.165, 1.54) is 64.3 Å². The molecule has 1 saturated carbocycles. The van der Waals surface area contributed by atoms with E-state index in [1.54, 1.807) is 0 Å². The minimum Gasteiger partial charge on any atom is -0.395 e. The summed E-state index contributed by atoms with van der Waals surface area (Å²) in [6.07, 6.45) is 11.7. The molecule has 2 fully saturated rings. The summed E-state index contributed by atoms with van der Waals surface area (Å²) < 4.78 is 0. The minimum absolute atomic E-state index is 0.355. The minimum atomic E-state index is 0.355. The van der Waals surface area contributed by atoms with E-state index < -0.39 is 0 Å². The van der Waals surface area contributed by atoms with Gasteiger partial charge in [-0.3, -0.25) is 4.90 Å².